The van der Waals surface area contributed by atoms with Crippen LogP contribution in [-0.4, -0.2) is 26.4 Å². The zero-order valence-corrected chi connectivity index (χ0v) is 18.6. The molecule has 1 amide bonds. The van der Waals surface area contributed by atoms with E-state index in [9.17, 15) is 4.79 Å². The number of amides is 1. The summed E-state index contributed by atoms with van der Waals surface area (Å²) in [7, 11) is 0. The fourth-order valence-corrected chi connectivity index (χ4v) is 4.06. The van der Waals surface area contributed by atoms with Crippen molar-refractivity contribution in [1.29, 1.82) is 0 Å². The number of ether oxygens (including phenoxy) is 1. The smallest absolute Gasteiger partial charge is 0.234 e. The summed E-state index contributed by atoms with van der Waals surface area (Å²) in [5.41, 5.74) is 1.87. The van der Waals surface area contributed by atoms with Gasteiger partial charge in [0.05, 0.1) is 5.75 Å². The third kappa shape index (κ3) is 5.76. The van der Waals surface area contributed by atoms with E-state index in [1.165, 1.54) is 17.3 Å². The van der Waals surface area contributed by atoms with Gasteiger partial charge >= 0.3 is 0 Å². The van der Waals surface area contributed by atoms with Gasteiger partial charge in [0.25, 0.3) is 0 Å². The van der Waals surface area contributed by atoms with Gasteiger partial charge in [-0.05, 0) is 36.8 Å². The van der Waals surface area contributed by atoms with Crippen molar-refractivity contribution in [1.82, 2.24) is 14.8 Å². The van der Waals surface area contributed by atoms with Crippen molar-refractivity contribution in [2.75, 3.05) is 11.1 Å². The number of rotatable bonds is 9. The monoisotopic (exact) mass is 444 g/mol. The maximum atomic E-state index is 12.5. The maximum absolute atomic E-state index is 12.5. The molecular formula is C25H24N4O2S. The molecule has 1 N–H and O–H groups in total. The number of aromatic nitrogens is 3. The van der Waals surface area contributed by atoms with Crippen LogP contribution in [0.4, 0.5) is 5.69 Å². The van der Waals surface area contributed by atoms with Gasteiger partial charge in [-0.15, -0.1) is 10.2 Å². The number of carbonyl (C=O) groups excluding carboxylic acids is 1. The SMILES string of the molecule is CCn1c(Cc2ccccc2)nnc1SCC(=O)Nc1cccc(Oc2ccccc2)c1. The summed E-state index contributed by atoms with van der Waals surface area (Å²) in [6.07, 6.45) is 0.711. The molecule has 4 rings (SSSR count). The molecule has 0 atom stereocenters. The molecule has 4 aromatic rings. The van der Waals surface area contributed by atoms with E-state index in [4.69, 9.17) is 4.74 Å². The minimum absolute atomic E-state index is 0.109. The van der Waals surface area contributed by atoms with E-state index in [-0.39, 0.29) is 11.7 Å². The Morgan fingerprint density at radius 1 is 0.938 bits per heavy atom. The molecule has 0 saturated heterocycles. The number of hydrogen-bond donors (Lipinski definition) is 1. The van der Waals surface area contributed by atoms with Gasteiger partial charge in [-0.2, -0.15) is 0 Å². The van der Waals surface area contributed by atoms with Crippen molar-refractivity contribution in [3.63, 3.8) is 0 Å². The molecule has 162 valence electrons. The first-order valence-electron chi connectivity index (χ1n) is 10.4. The summed E-state index contributed by atoms with van der Waals surface area (Å²) in [5, 5.41) is 12.3. The van der Waals surface area contributed by atoms with Crippen LogP contribution in [0.5, 0.6) is 11.5 Å². The van der Waals surface area contributed by atoms with Crippen LogP contribution in [0.3, 0.4) is 0 Å². The van der Waals surface area contributed by atoms with Crippen LogP contribution in [-0.2, 0) is 17.8 Å². The summed E-state index contributed by atoms with van der Waals surface area (Å²) in [6.45, 7) is 2.80. The second-order valence-corrected chi connectivity index (χ2v) is 8.03. The van der Waals surface area contributed by atoms with Crippen LogP contribution < -0.4 is 10.1 Å². The third-order valence-corrected chi connectivity index (χ3v) is 5.71. The number of carbonyl (C=O) groups is 1. The van der Waals surface area contributed by atoms with Crippen molar-refractivity contribution in [2.24, 2.45) is 0 Å². The van der Waals surface area contributed by atoms with Gasteiger partial charge in [0.15, 0.2) is 5.16 Å². The van der Waals surface area contributed by atoms with Gasteiger partial charge in [-0.3, -0.25) is 4.79 Å². The maximum Gasteiger partial charge on any atom is 0.234 e. The van der Waals surface area contributed by atoms with Gasteiger partial charge in [0.1, 0.15) is 17.3 Å². The van der Waals surface area contributed by atoms with Crippen molar-refractivity contribution in [2.45, 2.75) is 25.0 Å². The second-order valence-electron chi connectivity index (χ2n) is 7.09. The molecule has 0 unspecified atom stereocenters. The quantitative estimate of drug-likeness (QED) is 0.350. The summed E-state index contributed by atoms with van der Waals surface area (Å²) in [6, 6.07) is 27.1. The molecule has 0 aliphatic rings. The van der Waals surface area contributed by atoms with Crippen LogP contribution in [0.2, 0.25) is 0 Å². The average molecular weight is 445 g/mol. The van der Waals surface area contributed by atoms with Crippen LogP contribution in [0.25, 0.3) is 0 Å². The zero-order valence-electron chi connectivity index (χ0n) is 17.8. The van der Waals surface area contributed by atoms with E-state index in [0.29, 0.717) is 17.9 Å². The van der Waals surface area contributed by atoms with E-state index >= 15 is 0 Å². The predicted octanol–water partition coefficient (Wildman–Crippen LogP) is 5.41. The topological polar surface area (TPSA) is 69.0 Å². The lowest BCUT2D eigenvalue weighted by Crippen LogP contribution is -2.14. The Hall–Kier alpha value is -3.58. The van der Waals surface area contributed by atoms with Gasteiger partial charge < -0.3 is 14.6 Å². The standard InChI is InChI=1S/C25H24N4O2S/c1-2-29-23(16-19-10-5-3-6-11-19)27-28-25(29)32-18-24(30)26-20-12-9-15-22(17-20)31-21-13-7-4-8-14-21/h3-15,17H,2,16,18H2,1H3,(H,26,30). The first-order chi connectivity index (χ1) is 15.7. The average Bonchev–Trinajstić information content (AvgIpc) is 3.20. The van der Waals surface area contributed by atoms with Gasteiger partial charge in [-0.25, -0.2) is 0 Å². The summed E-state index contributed by atoms with van der Waals surface area (Å²) in [5.74, 6) is 2.44. The minimum Gasteiger partial charge on any atom is -0.457 e. The van der Waals surface area contributed by atoms with Crippen molar-refractivity contribution < 1.29 is 9.53 Å². The van der Waals surface area contributed by atoms with E-state index in [2.05, 4.69) is 39.1 Å². The molecule has 6 nitrogen and oxygen atoms in total. The zero-order chi connectivity index (χ0) is 22.2. The van der Waals surface area contributed by atoms with Crippen LogP contribution in [0.15, 0.2) is 90.1 Å². The molecule has 7 heteroatoms. The van der Waals surface area contributed by atoms with E-state index in [0.717, 1.165) is 23.3 Å². The Morgan fingerprint density at radius 2 is 1.66 bits per heavy atom. The highest BCUT2D eigenvalue weighted by Crippen LogP contribution is 2.24. The lowest BCUT2D eigenvalue weighted by molar-refractivity contribution is -0.113. The molecule has 0 radical (unpaired) electrons. The highest BCUT2D eigenvalue weighted by molar-refractivity contribution is 7.99. The number of benzene rings is 3. The van der Waals surface area contributed by atoms with E-state index in [1.54, 1.807) is 0 Å². The fourth-order valence-electron chi connectivity index (χ4n) is 3.24. The van der Waals surface area contributed by atoms with E-state index < -0.39 is 0 Å². The number of nitrogens with zero attached hydrogens (tertiary/aromatic N) is 3. The molecule has 0 bridgehead atoms. The third-order valence-electron chi connectivity index (χ3n) is 4.74. The molecule has 0 fully saturated rings. The largest absolute Gasteiger partial charge is 0.457 e. The number of nitrogens with one attached hydrogen (secondary N) is 1. The molecular weight excluding hydrogens is 420 g/mol. The van der Waals surface area contributed by atoms with Crippen LogP contribution in [0, 0.1) is 0 Å². The molecule has 32 heavy (non-hydrogen) atoms. The number of hydrogen-bond acceptors (Lipinski definition) is 5. The lowest BCUT2D eigenvalue weighted by atomic mass is 10.1. The molecule has 1 heterocycles. The lowest BCUT2D eigenvalue weighted by Gasteiger charge is -2.09. The molecule has 0 aliphatic heterocycles. The summed E-state index contributed by atoms with van der Waals surface area (Å²) < 4.78 is 7.89. The highest BCUT2D eigenvalue weighted by Gasteiger charge is 2.14. The Kier molecular flexibility index (Phi) is 7.19. The minimum atomic E-state index is -0.109. The summed E-state index contributed by atoms with van der Waals surface area (Å²) in [4.78, 5) is 12.5. The second kappa shape index (κ2) is 10.6. The first-order valence-corrected chi connectivity index (χ1v) is 11.4. The van der Waals surface area contributed by atoms with Crippen molar-refractivity contribution in [3.8, 4) is 11.5 Å². The normalized spacial score (nSPS) is 10.7. The molecule has 0 aliphatic carbocycles. The molecule has 3 aromatic carbocycles. The number of thioether (sulfide) groups is 1. The highest BCUT2D eigenvalue weighted by atomic mass is 32.2. The van der Waals surface area contributed by atoms with Gasteiger partial charge in [-0.1, -0.05) is 66.4 Å². The van der Waals surface area contributed by atoms with Gasteiger partial charge in [0, 0.05) is 24.7 Å². The Labute approximate surface area is 191 Å². The Morgan fingerprint density at radius 3 is 2.41 bits per heavy atom. The number of anilines is 1. The van der Waals surface area contributed by atoms with Crippen LogP contribution in [0.1, 0.15) is 18.3 Å². The van der Waals surface area contributed by atoms with Crippen molar-refractivity contribution in [3.05, 3.63) is 96.3 Å². The predicted molar refractivity (Wildman–Crippen MR) is 127 cm³/mol. The fraction of sp³-hybridized carbons (Fsp3) is 0.160. The number of para-hydroxylation sites is 1. The molecule has 1 aromatic heterocycles. The Balaban J connectivity index is 1.35. The first kappa shape index (κ1) is 21.6. The Bertz CT molecular complexity index is 1160. The van der Waals surface area contributed by atoms with Crippen LogP contribution >= 0.6 is 11.8 Å². The molecule has 0 spiro atoms. The molecule has 0 saturated carbocycles. The van der Waals surface area contributed by atoms with E-state index in [1.807, 2.05) is 72.8 Å². The summed E-state index contributed by atoms with van der Waals surface area (Å²) >= 11 is 1.38. The van der Waals surface area contributed by atoms with Crippen molar-refractivity contribution >= 4 is 23.4 Å². The van der Waals surface area contributed by atoms with Gasteiger partial charge in [0.2, 0.25) is 5.91 Å².